The first-order valence-electron chi connectivity index (χ1n) is 7.40. The first-order valence-corrected chi connectivity index (χ1v) is 13.5. The van der Waals surface area contributed by atoms with Gasteiger partial charge in [-0.2, -0.15) is 6.04 Å². The number of rotatable bonds is 4. The molecule has 0 aliphatic rings. The number of hydrogen-bond acceptors (Lipinski definition) is 0. The van der Waals surface area contributed by atoms with Gasteiger partial charge < -0.3 is 6.08 Å². The summed E-state index contributed by atoms with van der Waals surface area (Å²) >= 11 is 0.847. The summed E-state index contributed by atoms with van der Waals surface area (Å²) in [5, 5.41) is 3.14. The van der Waals surface area contributed by atoms with Gasteiger partial charge in [0.15, 0.2) is 0 Å². The van der Waals surface area contributed by atoms with Crippen LogP contribution < -0.4 is 10.4 Å². The average Bonchev–Trinajstić information content (AvgIpc) is 2.55. The minimum absolute atomic E-state index is 0.209. The van der Waals surface area contributed by atoms with E-state index in [1.54, 1.807) is 0 Å². The summed E-state index contributed by atoms with van der Waals surface area (Å²) in [5.74, 6) is 0. The van der Waals surface area contributed by atoms with Crippen molar-refractivity contribution in [1.82, 2.24) is 0 Å². The summed E-state index contributed by atoms with van der Waals surface area (Å²) in [6.45, 7) is 11.0. The molecule has 0 radical (unpaired) electrons. The molecule has 0 fully saturated rings. The summed E-state index contributed by atoms with van der Waals surface area (Å²) in [6, 6.07) is 22.8. The van der Waals surface area contributed by atoms with E-state index in [9.17, 15) is 0 Å². The first-order chi connectivity index (χ1) is 10.5. The van der Waals surface area contributed by atoms with Crippen LogP contribution >= 0.6 is 9.69 Å². The molecule has 0 saturated heterocycles. The van der Waals surface area contributed by atoms with E-state index in [0.717, 1.165) is 23.4 Å². The number of hydrogen-bond donors (Lipinski definition) is 0. The van der Waals surface area contributed by atoms with E-state index in [2.05, 4.69) is 94.1 Å². The van der Waals surface area contributed by atoms with Crippen LogP contribution in [-0.4, -0.2) is 8.07 Å². The normalized spacial score (nSPS) is 11.4. The Morgan fingerprint density at radius 2 is 1.27 bits per heavy atom. The van der Waals surface area contributed by atoms with E-state index in [0.29, 0.717) is 0 Å². The fraction of sp³-hybridized carbons (Fsp3) is 0.263. The van der Waals surface area contributed by atoms with Crippen LogP contribution in [-0.2, 0) is 17.3 Å². The Morgan fingerprint density at radius 3 is 1.55 bits per heavy atom. The van der Waals surface area contributed by atoms with E-state index in [-0.39, 0.29) is 5.04 Å². The third-order valence-corrected chi connectivity index (χ3v) is 10.2. The molecular formula is C19H23ClSiZn. The molecule has 3 heteroatoms. The molecule has 0 aliphatic heterocycles. The Labute approximate surface area is 150 Å². The predicted molar refractivity (Wildman–Crippen MR) is 97.2 cm³/mol. The minimum atomic E-state index is -1.92. The van der Waals surface area contributed by atoms with Gasteiger partial charge in [-0.1, -0.05) is 91.8 Å². The van der Waals surface area contributed by atoms with Crippen molar-refractivity contribution < 1.29 is 17.3 Å². The molecule has 0 bridgehead atoms. The fourth-order valence-corrected chi connectivity index (χ4v) is 8.04. The Kier molecular flexibility index (Phi) is 7.76. The Bertz CT molecular complexity index is 521. The molecule has 2 aromatic carbocycles. The van der Waals surface area contributed by atoms with Gasteiger partial charge in [-0.15, -0.1) is 0 Å². The third kappa shape index (κ3) is 3.98. The Morgan fingerprint density at radius 1 is 0.909 bits per heavy atom. The van der Waals surface area contributed by atoms with Gasteiger partial charge in [-0.3, -0.25) is 6.58 Å². The van der Waals surface area contributed by atoms with E-state index in [1.807, 2.05) is 0 Å². The fourth-order valence-electron chi connectivity index (χ4n) is 3.13. The van der Waals surface area contributed by atoms with E-state index in [1.165, 1.54) is 10.4 Å². The van der Waals surface area contributed by atoms with Gasteiger partial charge >= 0.3 is 27.0 Å². The van der Waals surface area contributed by atoms with Crippen LogP contribution in [0.1, 0.15) is 20.8 Å². The van der Waals surface area contributed by atoms with Crippen molar-refractivity contribution in [1.29, 1.82) is 0 Å². The van der Waals surface area contributed by atoms with Crippen LogP contribution in [0.3, 0.4) is 0 Å². The van der Waals surface area contributed by atoms with Crippen molar-refractivity contribution in [3.63, 3.8) is 0 Å². The third-order valence-electron chi connectivity index (χ3n) is 4.20. The van der Waals surface area contributed by atoms with Crippen molar-refractivity contribution in [2.24, 2.45) is 0 Å². The summed E-state index contributed by atoms with van der Waals surface area (Å²) < 4.78 is 0. The molecule has 2 aromatic rings. The summed E-state index contributed by atoms with van der Waals surface area (Å²) in [7, 11) is 2.84. The second-order valence-corrected chi connectivity index (χ2v) is 11.1. The molecule has 0 amide bonds. The predicted octanol–water partition coefficient (Wildman–Crippen LogP) is 4.73. The maximum absolute atomic E-state index is 4.76. The number of allylic oxidation sites excluding steroid dienone is 1. The molecule has 0 nitrogen and oxygen atoms in total. The van der Waals surface area contributed by atoms with E-state index < -0.39 is 8.07 Å². The number of benzene rings is 2. The van der Waals surface area contributed by atoms with Gasteiger partial charge in [0.25, 0.3) is 0 Å². The van der Waals surface area contributed by atoms with Gasteiger partial charge in [0.2, 0.25) is 0 Å². The van der Waals surface area contributed by atoms with Gasteiger partial charge in [-0.25, -0.2) is 0 Å². The van der Waals surface area contributed by atoms with E-state index >= 15 is 0 Å². The average molecular weight is 380 g/mol. The molecule has 0 aromatic heterocycles. The molecule has 22 heavy (non-hydrogen) atoms. The zero-order valence-corrected chi connectivity index (χ0v) is 18.5. The molecule has 0 spiro atoms. The standard InChI is InChI=1S/C19H23Si.ClH.Zn/c1-5-16-20(19(2,3)4,17-12-8-6-9-13-17)18-14-10-7-11-15-18;;/h6-15H,1,16H2,2-4H3;1H;/q-1;;+2/p-1. The van der Waals surface area contributed by atoms with Crippen molar-refractivity contribution in [3.05, 3.63) is 73.3 Å². The molecule has 0 aliphatic carbocycles. The van der Waals surface area contributed by atoms with Crippen molar-refractivity contribution in [2.75, 3.05) is 0 Å². The van der Waals surface area contributed by atoms with Crippen molar-refractivity contribution >= 4 is 28.1 Å². The van der Waals surface area contributed by atoms with Gasteiger partial charge in [-0.05, 0) is 5.04 Å². The van der Waals surface area contributed by atoms with Crippen molar-refractivity contribution in [3.8, 4) is 0 Å². The van der Waals surface area contributed by atoms with Crippen LogP contribution in [0.4, 0.5) is 0 Å². The SMILES string of the molecule is C=[C-]C[Si](c1ccccc1)(c1ccccc1)C(C)(C)C.[Cl][Zn+]. The zero-order valence-electron chi connectivity index (χ0n) is 13.8. The molecule has 0 heterocycles. The number of halogens is 1. The van der Waals surface area contributed by atoms with Crippen molar-refractivity contribution in [2.45, 2.75) is 31.9 Å². The Hall–Kier alpha value is -0.690. The quantitative estimate of drug-likeness (QED) is 0.532. The second kappa shape index (κ2) is 8.82. The summed E-state index contributed by atoms with van der Waals surface area (Å²) in [4.78, 5) is 0. The monoisotopic (exact) mass is 378 g/mol. The molecule has 0 atom stereocenters. The van der Waals surface area contributed by atoms with Gasteiger partial charge in [0.05, 0.1) is 8.07 Å². The van der Waals surface area contributed by atoms with Crippen LogP contribution in [0.2, 0.25) is 11.1 Å². The van der Waals surface area contributed by atoms with Crippen LogP contribution in [0.15, 0.2) is 67.2 Å². The van der Waals surface area contributed by atoms with Gasteiger partial charge in [0.1, 0.15) is 0 Å². The Balaban J connectivity index is 0.00000116. The molecule has 0 N–H and O–H groups in total. The van der Waals surface area contributed by atoms with Gasteiger partial charge in [0, 0.05) is 0 Å². The second-order valence-electron chi connectivity index (χ2n) is 6.31. The maximum atomic E-state index is 4.76. The first kappa shape index (κ1) is 19.4. The molecule has 112 valence electrons. The van der Waals surface area contributed by atoms with Crippen LogP contribution in [0.25, 0.3) is 0 Å². The molecule has 2 rings (SSSR count). The molecular weight excluding hydrogens is 357 g/mol. The molecule has 0 unspecified atom stereocenters. The van der Waals surface area contributed by atoms with Crippen LogP contribution in [0.5, 0.6) is 0 Å². The zero-order chi connectivity index (χ0) is 16.6. The summed E-state index contributed by atoms with van der Waals surface area (Å²) in [6.07, 6.45) is 3.22. The topological polar surface area (TPSA) is 0 Å². The summed E-state index contributed by atoms with van der Waals surface area (Å²) in [5.41, 5.74) is 0. The van der Waals surface area contributed by atoms with Crippen LogP contribution in [0, 0.1) is 6.08 Å². The van der Waals surface area contributed by atoms with E-state index in [4.69, 9.17) is 9.69 Å². The molecule has 0 saturated carbocycles.